The molecule has 5 heteroatoms. The summed E-state index contributed by atoms with van der Waals surface area (Å²) in [5.41, 5.74) is 1.07. The van der Waals surface area contributed by atoms with Gasteiger partial charge in [0.1, 0.15) is 6.29 Å². The van der Waals surface area contributed by atoms with Crippen molar-refractivity contribution in [3.05, 3.63) is 65.7 Å². The van der Waals surface area contributed by atoms with Gasteiger partial charge in [0, 0.05) is 6.04 Å². The molecule has 0 aliphatic heterocycles. The SMILES string of the molecule is Cc1ccc(S(=O)(=O)N[C@H]2CCCC[C@@]2(C=O)c2ccccc2)cc1. The molecule has 132 valence electrons. The Kier molecular flexibility index (Phi) is 5.06. The van der Waals surface area contributed by atoms with Crippen LogP contribution in [0.5, 0.6) is 0 Å². The second-order valence-electron chi connectivity index (χ2n) is 6.76. The minimum atomic E-state index is -3.67. The van der Waals surface area contributed by atoms with E-state index < -0.39 is 21.5 Å². The number of rotatable bonds is 5. The molecule has 4 nitrogen and oxygen atoms in total. The minimum absolute atomic E-state index is 0.233. The Labute approximate surface area is 149 Å². The lowest BCUT2D eigenvalue weighted by molar-refractivity contribution is -0.114. The molecule has 0 saturated heterocycles. The first-order valence-corrected chi connectivity index (χ1v) is 10.1. The molecule has 0 heterocycles. The fourth-order valence-electron chi connectivity index (χ4n) is 3.64. The maximum absolute atomic E-state index is 12.8. The Hall–Kier alpha value is -1.98. The van der Waals surface area contributed by atoms with Gasteiger partial charge < -0.3 is 4.79 Å². The molecule has 1 aliphatic carbocycles. The number of aryl methyl sites for hydroxylation is 1. The Balaban J connectivity index is 1.96. The highest BCUT2D eigenvalue weighted by Gasteiger charge is 2.44. The monoisotopic (exact) mass is 357 g/mol. The Morgan fingerprint density at radius 1 is 1.04 bits per heavy atom. The van der Waals surface area contributed by atoms with Crippen molar-refractivity contribution in [1.82, 2.24) is 4.72 Å². The Morgan fingerprint density at radius 3 is 2.36 bits per heavy atom. The molecule has 0 aromatic heterocycles. The summed E-state index contributed by atoms with van der Waals surface area (Å²) in [6, 6.07) is 15.8. The third-order valence-electron chi connectivity index (χ3n) is 5.11. The van der Waals surface area contributed by atoms with Crippen molar-refractivity contribution in [2.75, 3.05) is 0 Å². The van der Waals surface area contributed by atoms with Crippen molar-refractivity contribution in [2.24, 2.45) is 0 Å². The summed E-state index contributed by atoms with van der Waals surface area (Å²) in [7, 11) is -3.67. The van der Waals surface area contributed by atoms with Crippen molar-refractivity contribution in [2.45, 2.75) is 49.0 Å². The number of carbonyl (C=O) groups is 1. The number of hydrogen-bond donors (Lipinski definition) is 1. The van der Waals surface area contributed by atoms with E-state index in [9.17, 15) is 13.2 Å². The molecule has 1 N–H and O–H groups in total. The lowest BCUT2D eigenvalue weighted by atomic mass is 9.67. The third-order valence-corrected chi connectivity index (χ3v) is 6.59. The summed E-state index contributed by atoms with van der Waals surface area (Å²) >= 11 is 0. The topological polar surface area (TPSA) is 63.2 Å². The van der Waals surface area contributed by atoms with Crippen molar-refractivity contribution in [1.29, 1.82) is 0 Å². The van der Waals surface area contributed by atoms with Crippen LogP contribution in [0, 0.1) is 6.92 Å². The standard InChI is InChI=1S/C20H23NO3S/c1-16-10-12-18(13-11-16)25(23,24)21-19-9-5-6-14-20(19,15-22)17-7-3-2-4-8-17/h2-4,7-8,10-13,15,19,21H,5-6,9,14H2,1H3/t19-,20+/m0/s1. The fraction of sp³-hybridized carbons (Fsp3) is 0.350. The fourth-order valence-corrected chi connectivity index (χ4v) is 4.97. The van der Waals surface area contributed by atoms with Crippen LogP contribution in [0.1, 0.15) is 36.8 Å². The normalized spacial score (nSPS) is 24.0. The molecule has 2 aromatic carbocycles. The van der Waals surface area contributed by atoms with Gasteiger partial charge in [-0.2, -0.15) is 0 Å². The summed E-state index contributed by atoms with van der Waals surface area (Å²) in [5, 5.41) is 0. The predicted molar refractivity (Wildman–Crippen MR) is 97.9 cm³/mol. The quantitative estimate of drug-likeness (QED) is 0.835. The van der Waals surface area contributed by atoms with Crippen LogP contribution in [0.3, 0.4) is 0 Å². The smallest absolute Gasteiger partial charge is 0.240 e. The first kappa shape index (κ1) is 17.8. The van der Waals surface area contributed by atoms with E-state index in [4.69, 9.17) is 0 Å². The maximum atomic E-state index is 12.8. The van der Waals surface area contributed by atoms with Crippen molar-refractivity contribution in [3.8, 4) is 0 Å². The molecule has 1 fully saturated rings. The van der Waals surface area contributed by atoms with Crippen LogP contribution in [-0.4, -0.2) is 20.7 Å². The molecule has 1 saturated carbocycles. The molecule has 0 unspecified atom stereocenters. The zero-order valence-corrected chi connectivity index (χ0v) is 15.1. The van der Waals surface area contributed by atoms with E-state index in [-0.39, 0.29) is 4.90 Å². The highest BCUT2D eigenvalue weighted by atomic mass is 32.2. The molecule has 0 radical (unpaired) electrons. The number of hydrogen-bond acceptors (Lipinski definition) is 3. The second kappa shape index (κ2) is 7.10. The van der Waals surface area contributed by atoms with Gasteiger partial charge in [-0.25, -0.2) is 13.1 Å². The van der Waals surface area contributed by atoms with Gasteiger partial charge >= 0.3 is 0 Å². The number of sulfonamides is 1. The molecule has 2 atom stereocenters. The number of aldehydes is 1. The lowest BCUT2D eigenvalue weighted by Gasteiger charge is -2.40. The van der Waals surface area contributed by atoms with E-state index >= 15 is 0 Å². The van der Waals surface area contributed by atoms with Gasteiger partial charge in [0.25, 0.3) is 0 Å². The maximum Gasteiger partial charge on any atom is 0.240 e. The summed E-state index contributed by atoms with van der Waals surface area (Å²) in [6.07, 6.45) is 4.06. The summed E-state index contributed by atoms with van der Waals surface area (Å²) in [4.78, 5) is 12.4. The molecule has 3 rings (SSSR count). The van der Waals surface area contributed by atoms with Gasteiger partial charge in [0.05, 0.1) is 10.3 Å². The van der Waals surface area contributed by atoms with Crippen molar-refractivity contribution >= 4 is 16.3 Å². The van der Waals surface area contributed by atoms with E-state index in [0.29, 0.717) is 12.8 Å². The van der Waals surface area contributed by atoms with Crippen LogP contribution < -0.4 is 4.72 Å². The molecular formula is C20H23NO3S. The molecular weight excluding hydrogens is 334 g/mol. The molecule has 25 heavy (non-hydrogen) atoms. The molecule has 0 spiro atoms. The number of nitrogens with one attached hydrogen (secondary N) is 1. The van der Waals surface area contributed by atoms with E-state index in [1.807, 2.05) is 37.3 Å². The van der Waals surface area contributed by atoms with Crippen LogP contribution in [0.2, 0.25) is 0 Å². The van der Waals surface area contributed by atoms with Crippen LogP contribution in [0.4, 0.5) is 0 Å². The first-order chi connectivity index (χ1) is 12.0. The number of carbonyl (C=O) groups excluding carboxylic acids is 1. The summed E-state index contributed by atoms with van der Waals surface area (Å²) in [6.45, 7) is 1.91. The molecule has 0 bridgehead atoms. The van der Waals surface area contributed by atoms with Crippen LogP contribution >= 0.6 is 0 Å². The van der Waals surface area contributed by atoms with Gasteiger partial charge in [-0.1, -0.05) is 60.9 Å². The second-order valence-corrected chi connectivity index (χ2v) is 8.47. The van der Waals surface area contributed by atoms with E-state index in [2.05, 4.69) is 4.72 Å². The molecule has 2 aromatic rings. The lowest BCUT2D eigenvalue weighted by Crippen LogP contribution is -2.53. The van der Waals surface area contributed by atoms with E-state index in [1.165, 1.54) is 0 Å². The van der Waals surface area contributed by atoms with Gasteiger partial charge in [-0.05, 0) is 37.5 Å². The Bertz CT molecular complexity index is 831. The highest BCUT2D eigenvalue weighted by molar-refractivity contribution is 7.89. The van der Waals surface area contributed by atoms with Crippen LogP contribution in [0.25, 0.3) is 0 Å². The van der Waals surface area contributed by atoms with E-state index in [0.717, 1.165) is 30.3 Å². The van der Waals surface area contributed by atoms with Crippen LogP contribution in [-0.2, 0) is 20.2 Å². The van der Waals surface area contributed by atoms with Gasteiger partial charge in [0.15, 0.2) is 0 Å². The largest absolute Gasteiger partial charge is 0.302 e. The van der Waals surface area contributed by atoms with Crippen molar-refractivity contribution < 1.29 is 13.2 Å². The molecule has 1 aliphatic rings. The third kappa shape index (κ3) is 3.53. The highest BCUT2D eigenvalue weighted by Crippen LogP contribution is 2.38. The molecule has 0 amide bonds. The van der Waals surface area contributed by atoms with Gasteiger partial charge in [0.2, 0.25) is 10.0 Å². The zero-order valence-electron chi connectivity index (χ0n) is 14.3. The predicted octanol–water partition coefficient (Wildman–Crippen LogP) is 3.35. The average Bonchev–Trinajstić information content (AvgIpc) is 2.63. The Morgan fingerprint density at radius 2 is 1.72 bits per heavy atom. The average molecular weight is 357 g/mol. The van der Waals surface area contributed by atoms with E-state index in [1.54, 1.807) is 24.3 Å². The first-order valence-electron chi connectivity index (χ1n) is 8.59. The summed E-state index contributed by atoms with van der Waals surface area (Å²) < 4.78 is 28.5. The minimum Gasteiger partial charge on any atom is -0.302 e. The zero-order chi connectivity index (χ0) is 17.9. The van der Waals surface area contributed by atoms with Crippen LogP contribution in [0.15, 0.2) is 59.5 Å². The summed E-state index contributed by atoms with van der Waals surface area (Å²) in [5.74, 6) is 0. The van der Waals surface area contributed by atoms with Gasteiger partial charge in [-0.15, -0.1) is 0 Å². The number of benzene rings is 2. The van der Waals surface area contributed by atoms with Gasteiger partial charge in [-0.3, -0.25) is 0 Å². The van der Waals surface area contributed by atoms with Crippen molar-refractivity contribution in [3.63, 3.8) is 0 Å².